The van der Waals surface area contributed by atoms with Crippen LogP contribution in [0.4, 0.5) is 0 Å². The molecular formula is C14H22N2O3S2. The molecule has 0 radical (unpaired) electrons. The quantitative estimate of drug-likeness (QED) is 0.835. The van der Waals surface area contributed by atoms with Crippen LogP contribution in [0.15, 0.2) is 15.7 Å². The summed E-state index contributed by atoms with van der Waals surface area (Å²) in [5, 5.41) is 5.31. The van der Waals surface area contributed by atoms with E-state index in [0.717, 1.165) is 12.1 Å². The van der Waals surface area contributed by atoms with E-state index in [1.165, 1.54) is 24.2 Å². The van der Waals surface area contributed by atoms with Crippen LogP contribution in [0.5, 0.6) is 0 Å². The van der Waals surface area contributed by atoms with E-state index >= 15 is 0 Å². The maximum atomic E-state index is 12.5. The lowest BCUT2D eigenvalue weighted by Gasteiger charge is -2.28. The van der Waals surface area contributed by atoms with Gasteiger partial charge < -0.3 is 10.1 Å². The van der Waals surface area contributed by atoms with E-state index in [1.54, 1.807) is 6.07 Å². The van der Waals surface area contributed by atoms with Gasteiger partial charge >= 0.3 is 0 Å². The Bertz CT molecular complexity index is 609. The summed E-state index contributed by atoms with van der Waals surface area (Å²) in [6.07, 6.45) is 3.05. The van der Waals surface area contributed by atoms with Crippen LogP contribution in [0.3, 0.4) is 0 Å². The van der Waals surface area contributed by atoms with Gasteiger partial charge in [0.25, 0.3) is 10.0 Å². The maximum absolute atomic E-state index is 12.5. The van der Waals surface area contributed by atoms with Crippen molar-refractivity contribution in [1.82, 2.24) is 10.0 Å². The molecule has 1 saturated heterocycles. The molecule has 7 heteroatoms. The van der Waals surface area contributed by atoms with Gasteiger partial charge in [-0.15, -0.1) is 11.3 Å². The second kappa shape index (κ2) is 5.62. The zero-order valence-electron chi connectivity index (χ0n) is 12.4. The molecular weight excluding hydrogens is 308 g/mol. The molecule has 0 bridgehead atoms. The SMILES string of the molecule is CC1OCCC1(C)NS(=O)(=O)c1cc(CNC2CC2)cs1. The van der Waals surface area contributed by atoms with Crippen LogP contribution in [0.2, 0.25) is 0 Å². The van der Waals surface area contributed by atoms with Gasteiger partial charge in [-0.05, 0) is 50.1 Å². The molecule has 1 aliphatic heterocycles. The summed E-state index contributed by atoms with van der Waals surface area (Å²) in [7, 11) is -3.48. The van der Waals surface area contributed by atoms with Gasteiger partial charge in [0.2, 0.25) is 0 Å². The van der Waals surface area contributed by atoms with Crippen molar-refractivity contribution in [1.29, 1.82) is 0 Å². The Morgan fingerprint density at radius 2 is 2.24 bits per heavy atom. The van der Waals surface area contributed by atoms with E-state index in [2.05, 4.69) is 10.0 Å². The van der Waals surface area contributed by atoms with Crippen molar-refractivity contribution in [2.45, 2.75) is 61.5 Å². The fourth-order valence-corrected chi connectivity index (χ4v) is 5.17. The predicted molar refractivity (Wildman–Crippen MR) is 82.9 cm³/mol. The maximum Gasteiger partial charge on any atom is 0.250 e. The van der Waals surface area contributed by atoms with Crippen molar-refractivity contribution in [3.63, 3.8) is 0 Å². The lowest BCUT2D eigenvalue weighted by molar-refractivity contribution is 0.0957. The fourth-order valence-electron chi connectivity index (χ4n) is 2.46. The van der Waals surface area contributed by atoms with Crippen LogP contribution in [0, 0.1) is 0 Å². The molecule has 0 amide bonds. The second-order valence-electron chi connectivity index (χ2n) is 6.22. The third-order valence-electron chi connectivity index (χ3n) is 4.32. The first-order chi connectivity index (χ1) is 9.89. The minimum atomic E-state index is -3.48. The molecule has 3 rings (SSSR count). The van der Waals surface area contributed by atoms with E-state index in [1.807, 2.05) is 19.2 Å². The topological polar surface area (TPSA) is 67.4 Å². The normalized spacial score (nSPS) is 29.9. The molecule has 2 N–H and O–H groups in total. The van der Waals surface area contributed by atoms with Crippen molar-refractivity contribution in [3.05, 3.63) is 17.0 Å². The molecule has 0 spiro atoms. The van der Waals surface area contributed by atoms with Crippen molar-refractivity contribution in [2.75, 3.05) is 6.61 Å². The average molecular weight is 330 g/mol. The summed E-state index contributed by atoms with van der Waals surface area (Å²) in [4.78, 5) is 0. The second-order valence-corrected chi connectivity index (χ2v) is 9.04. The largest absolute Gasteiger partial charge is 0.376 e. The summed E-state index contributed by atoms with van der Waals surface area (Å²) in [5.41, 5.74) is 0.517. The molecule has 2 fully saturated rings. The number of hydrogen-bond donors (Lipinski definition) is 2. The standard InChI is InChI=1S/C14H22N2O3S2/c1-10-14(2,5-6-19-10)16-21(17,18)13-7-11(9-20-13)8-15-12-3-4-12/h7,9-10,12,15-16H,3-6,8H2,1-2H3. The molecule has 2 unspecified atom stereocenters. The van der Waals surface area contributed by atoms with Crippen LogP contribution in [-0.4, -0.2) is 32.7 Å². The molecule has 1 aromatic rings. The minimum absolute atomic E-state index is 0.108. The molecule has 1 aliphatic carbocycles. The Morgan fingerprint density at radius 1 is 1.48 bits per heavy atom. The average Bonchev–Trinajstić information content (AvgIpc) is 3.01. The van der Waals surface area contributed by atoms with E-state index in [0.29, 0.717) is 23.3 Å². The Balaban J connectivity index is 1.69. The molecule has 1 saturated carbocycles. The van der Waals surface area contributed by atoms with Crippen LogP contribution in [0.25, 0.3) is 0 Å². The first kappa shape index (κ1) is 15.4. The molecule has 2 heterocycles. The molecule has 2 aliphatic rings. The Hall–Kier alpha value is -0.470. The lowest BCUT2D eigenvalue weighted by atomic mass is 9.97. The van der Waals surface area contributed by atoms with E-state index in [4.69, 9.17) is 4.74 Å². The molecule has 5 nitrogen and oxygen atoms in total. The molecule has 0 aromatic carbocycles. The first-order valence-electron chi connectivity index (χ1n) is 7.35. The van der Waals surface area contributed by atoms with Crippen molar-refractivity contribution in [3.8, 4) is 0 Å². The van der Waals surface area contributed by atoms with E-state index < -0.39 is 15.6 Å². The van der Waals surface area contributed by atoms with Crippen LogP contribution < -0.4 is 10.0 Å². The molecule has 1 aromatic heterocycles. The number of nitrogens with one attached hydrogen (secondary N) is 2. The predicted octanol–water partition coefficient (Wildman–Crippen LogP) is 1.85. The Kier molecular flexibility index (Phi) is 4.13. The third kappa shape index (κ3) is 3.48. The van der Waals surface area contributed by atoms with Gasteiger partial charge in [0, 0.05) is 19.2 Å². The highest BCUT2D eigenvalue weighted by Crippen LogP contribution is 2.29. The molecule has 2 atom stereocenters. The van der Waals surface area contributed by atoms with E-state index in [9.17, 15) is 8.42 Å². The van der Waals surface area contributed by atoms with Crippen molar-refractivity contribution < 1.29 is 13.2 Å². The summed E-state index contributed by atoms with van der Waals surface area (Å²) in [5.74, 6) is 0. The summed E-state index contributed by atoms with van der Waals surface area (Å²) in [6.45, 7) is 5.16. The van der Waals surface area contributed by atoms with Crippen molar-refractivity contribution in [2.24, 2.45) is 0 Å². The van der Waals surface area contributed by atoms with Crippen LogP contribution >= 0.6 is 11.3 Å². The number of sulfonamides is 1. The monoisotopic (exact) mass is 330 g/mol. The van der Waals surface area contributed by atoms with Gasteiger partial charge in [0.15, 0.2) is 0 Å². The van der Waals surface area contributed by atoms with Crippen LogP contribution in [-0.2, 0) is 21.3 Å². The number of ether oxygens (including phenoxy) is 1. The first-order valence-corrected chi connectivity index (χ1v) is 9.72. The Labute approximate surface area is 130 Å². The van der Waals surface area contributed by atoms with Gasteiger partial charge in [-0.1, -0.05) is 0 Å². The fraction of sp³-hybridized carbons (Fsp3) is 0.714. The smallest absolute Gasteiger partial charge is 0.250 e. The Morgan fingerprint density at radius 3 is 2.86 bits per heavy atom. The number of rotatable bonds is 6. The zero-order chi connectivity index (χ0) is 15.1. The van der Waals surface area contributed by atoms with Gasteiger partial charge in [-0.2, -0.15) is 0 Å². The van der Waals surface area contributed by atoms with Crippen molar-refractivity contribution >= 4 is 21.4 Å². The number of thiophene rings is 1. The highest BCUT2D eigenvalue weighted by molar-refractivity contribution is 7.91. The number of hydrogen-bond acceptors (Lipinski definition) is 5. The van der Waals surface area contributed by atoms with Gasteiger partial charge in [0.05, 0.1) is 11.6 Å². The van der Waals surface area contributed by atoms with Gasteiger partial charge in [-0.25, -0.2) is 13.1 Å². The van der Waals surface area contributed by atoms with Gasteiger partial charge in [-0.3, -0.25) is 0 Å². The molecule has 21 heavy (non-hydrogen) atoms. The minimum Gasteiger partial charge on any atom is -0.376 e. The summed E-state index contributed by atoms with van der Waals surface area (Å²) >= 11 is 1.28. The summed E-state index contributed by atoms with van der Waals surface area (Å²) in [6, 6.07) is 2.39. The zero-order valence-corrected chi connectivity index (χ0v) is 14.0. The highest BCUT2D eigenvalue weighted by Gasteiger charge is 2.40. The van der Waals surface area contributed by atoms with Gasteiger partial charge in [0.1, 0.15) is 4.21 Å². The lowest BCUT2D eigenvalue weighted by Crippen LogP contribution is -2.50. The summed E-state index contributed by atoms with van der Waals surface area (Å²) < 4.78 is 33.8. The highest BCUT2D eigenvalue weighted by atomic mass is 32.2. The third-order valence-corrected chi connectivity index (χ3v) is 7.42. The molecule has 118 valence electrons. The van der Waals surface area contributed by atoms with E-state index in [-0.39, 0.29) is 6.10 Å². The van der Waals surface area contributed by atoms with Crippen LogP contribution in [0.1, 0.15) is 38.7 Å².